The van der Waals surface area contributed by atoms with Crippen molar-refractivity contribution in [1.29, 1.82) is 0 Å². The second-order valence-electron chi connectivity index (χ2n) is 9.91. The number of rotatable bonds is 3. The Kier molecular flexibility index (Phi) is 6.01. The maximum atomic E-state index is 13.1. The van der Waals surface area contributed by atoms with Gasteiger partial charge in [-0.2, -0.15) is 18.3 Å². The number of halogens is 3. The minimum absolute atomic E-state index is 0.0291. The summed E-state index contributed by atoms with van der Waals surface area (Å²) in [5.74, 6) is -1.09. The number of amides is 1. The topological polar surface area (TPSA) is 50.5 Å². The number of likely N-dealkylation sites (tertiary alicyclic amines) is 1. The van der Waals surface area contributed by atoms with E-state index in [1.807, 2.05) is 22.4 Å². The zero-order valence-electron chi connectivity index (χ0n) is 19.4. The molecule has 1 amide bonds. The molecule has 0 aromatic carbocycles. The molecule has 0 radical (unpaired) electrons. The third-order valence-electron chi connectivity index (χ3n) is 7.60. The van der Waals surface area contributed by atoms with Crippen LogP contribution in [0.15, 0.2) is 6.07 Å². The van der Waals surface area contributed by atoms with Crippen molar-refractivity contribution in [3.63, 3.8) is 0 Å². The molecule has 1 atom stereocenters. The van der Waals surface area contributed by atoms with Crippen LogP contribution >= 0.6 is 0 Å². The Balaban J connectivity index is 1.73. The van der Waals surface area contributed by atoms with Gasteiger partial charge in [-0.25, -0.2) is 9.50 Å². The molecule has 8 heteroatoms. The summed E-state index contributed by atoms with van der Waals surface area (Å²) in [6.45, 7) is 9.34. The zero-order valence-corrected chi connectivity index (χ0v) is 19.4. The van der Waals surface area contributed by atoms with Crippen LogP contribution in [0.4, 0.5) is 13.2 Å². The minimum Gasteiger partial charge on any atom is -0.342 e. The molecule has 3 heterocycles. The smallest absolute Gasteiger partial charge is 0.342 e. The van der Waals surface area contributed by atoms with Crippen LogP contribution in [0.25, 0.3) is 5.65 Å². The average Bonchev–Trinajstić information content (AvgIpc) is 3.15. The van der Waals surface area contributed by atoms with E-state index in [1.165, 1.54) is 0 Å². The van der Waals surface area contributed by atoms with E-state index < -0.39 is 12.1 Å². The number of alkyl halides is 3. The molecule has 2 aromatic heterocycles. The van der Waals surface area contributed by atoms with E-state index in [-0.39, 0.29) is 30.1 Å². The lowest BCUT2D eigenvalue weighted by Crippen LogP contribution is -2.47. The summed E-state index contributed by atoms with van der Waals surface area (Å²) in [6, 6.07) is 1.96. The lowest BCUT2D eigenvalue weighted by molar-refractivity contribution is -0.182. The summed E-state index contributed by atoms with van der Waals surface area (Å²) in [4.78, 5) is 18.8. The van der Waals surface area contributed by atoms with Crippen molar-refractivity contribution in [1.82, 2.24) is 19.5 Å². The Labute approximate surface area is 187 Å². The molecular formula is C24H33F3N4O. The van der Waals surface area contributed by atoms with Gasteiger partial charge in [-0.3, -0.25) is 4.79 Å². The molecule has 1 aliphatic heterocycles. The van der Waals surface area contributed by atoms with E-state index in [0.29, 0.717) is 19.4 Å². The summed E-state index contributed by atoms with van der Waals surface area (Å²) < 4.78 is 41.2. The molecule has 0 spiro atoms. The van der Waals surface area contributed by atoms with Gasteiger partial charge in [0.1, 0.15) is 0 Å². The third kappa shape index (κ3) is 4.13. The predicted octanol–water partition coefficient (Wildman–Crippen LogP) is 5.34. The highest BCUT2D eigenvalue weighted by atomic mass is 19.4. The normalized spacial score (nSPS) is 27.2. The lowest BCUT2D eigenvalue weighted by Gasteiger charge is -2.41. The minimum atomic E-state index is -4.11. The van der Waals surface area contributed by atoms with Crippen LogP contribution in [0.2, 0.25) is 0 Å². The highest BCUT2D eigenvalue weighted by Gasteiger charge is 2.42. The molecule has 0 unspecified atom stereocenters. The maximum Gasteiger partial charge on any atom is 0.391 e. The van der Waals surface area contributed by atoms with E-state index in [1.54, 1.807) is 6.92 Å². The molecule has 1 saturated carbocycles. The van der Waals surface area contributed by atoms with Gasteiger partial charge in [-0.15, -0.1) is 0 Å². The number of fused-ring (bicyclic) bond motifs is 1. The Morgan fingerprint density at radius 1 is 1.25 bits per heavy atom. The van der Waals surface area contributed by atoms with E-state index in [9.17, 15) is 18.0 Å². The summed E-state index contributed by atoms with van der Waals surface area (Å²) in [5, 5.41) is 4.93. The standard InChI is InChI=1S/C24H33F3N4O/c1-5-19-15(2)28-21-13-20(17-7-9-18(10-8-17)24(25,26)27)29-31(21)22(19)23(4)11-6-12-30(14-23)16(3)32/h13,17-18H,5-12,14H2,1-4H3/t17-,18-,23-/m0/s1. The molecule has 5 nitrogen and oxygen atoms in total. The average molecular weight is 451 g/mol. The Morgan fingerprint density at radius 3 is 2.53 bits per heavy atom. The summed E-state index contributed by atoms with van der Waals surface area (Å²) in [7, 11) is 0. The fourth-order valence-corrected chi connectivity index (χ4v) is 5.83. The van der Waals surface area contributed by atoms with Crippen LogP contribution in [0, 0.1) is 12.8 Å². The Hall–Kier alpha value is -2.12. The Morgan fingerprint density at radius 2 is 1.94 bits per heavy atom. The molecule has 2 fully saturated rings. The number of hydrogen-bond acceptors (Lipinski definition) is 3. The van der Waals surface area contributed by atoms with Crippen molar-refractivity contribution in [2.24, 2.45) is 5.92 Å². The molecular weight excluding hydrogens is 417 g/mol. The van der Waals surface area contributed by atoms with E-state index in [0.717, 1.165) is 54.1 Å². The number of piperidine rings is 1. The van der Waals surface area contributed by atoms with Crippen LogP contribution in [-0.4, -0.2) is 44.7 Å². The largest absolute Gasteiger partial charge is 0.391 e. The number of nitrogens with zero attached hydrogens (tertiary/aromatic N) is 4. The number of carbonyl (C=O) groups is 1. The van der Waals surface area contributed by atoms with Gasteiger partial charge >= 0.3 is 6.18 Å². The molecule has 1 saturated heterocycles. The van der Waals surface area contributed by atoms with E-state index in [4.69, 9.17) is 10.1 Å². The van der Waals surface area contributed by atoms with Crippen molar-refractivity contribution < 1.29 is 18.0 Å². The number of hydrogen-bond donors (Lipinski definition) is 0. The molecule has 4 rings (SSSR count). The van der Waals surface area contributed by atoms with Crippen molar-refractivity contribution in [2.75, 3.05) is 13.1 Å². The predicted molar refractivity (Wildman–Crippen MR) is 117 cm³/mol. The van der Waals surface area contributed by atoms with Crippen molar-refractivity contribution in [2.45, 2.75) is 90.1 Å². The van der Waals surface area contributed by atoms with Gasteiger partial charge in [0.25, 0.3) is 0 Å². The van der Waals surface area contributed by atoms with Gasteiger partial charge in [0.15, 0.2) is 5.65 Å². The lowest BCUT2D eigenvalue weighted by atomic mass is 9.76. The highest BCUT2D eigenvalue weighted by Crippen LogP contribution is 2.43. The summed E-state index contributed by atoms with van der Waals surface area (Å²) >= 11 is 0. The number of aryl methyl sites for hydroxylation is 1. The second-order valence-corrected chi connectivity index (χ2v) is 9.91. The van der Waals surface area contributed by atoms with Gasteiger partial charge in [-0.05, 0) is 57.4 Å². The van der Waals surface area contributed by atoms with E-state index >= 15 is 0 Å². The van der Waals surface area contributed by atoms with Crippen LogP contribution in [0.3, 0.4) is 0 Å². The molecule has 176 valence electrons. The number of carbonyl (C=O) groups excluding carboxylic acids is 1. The Bertz CT molecular complexity index is 1010. The van der Waals surface area contributed by atoms with Crippen LogP contribution in [0.1, 0.15) is 87.9 Å². The van der Waals surface area contributed by atoms with Crippen molar-refractivity contribution in [3.05, 3.63) is 28.7 Å². The SMILES string of the molecule is CCc1c(C)nc2cc([C@H]3CC[C@H](C(F)(F)F)CC3)nn2c1[C@@]1(C)CCCN(C(C)=O)C1. The van der Waals surface area contributed by atoms with Gasteiger partial charge in [-0.1, -0.05) is 13.8 Å². The van der Waals surface area contributed by atoms with Crippen LogP contribution in [-0.2, 0) is 16.6 Å². The fraction of sp³-hybridized carbons (Fsp3) is 0.708. The molecule has 0 bridgehead atoms. The number of aromatic nitrogens is 3. The van der Waals surface area contributed by atoms with Crippen LogP contribution < -0.4 is 0 Å². The first-order valence-electron chi connectivity index (χ1n) is 11.8. The van der Waals surface area contributed by atoms with E-state index in [2.05, 4.69) is 13.8 Å². The molecule has 0 N–H and O–H groups in total. The quantitative estimate of drug-likeness (QED) is 0.635. The summed E-state index contributed by atoms with van der Waals surface area (Å²) in [5.41, 5.74) is 4.56. The van der Waals surface area contributed by atoms with Gasteiger partial charge in [0.05, 0.1) is 17.3 Å². The third-order valence-corrected chi connectivity index (χ3v) is 7.60. The maximum absolute atomic E-state index is 13.1. The van der Waals surface area contributed by atoms with Gasteiger partial charge in [0.2, 0.25) is 5.91 Å². The first-order chi connectivity index (χ1) is 15.0. The monoisotopic (exact) mass is 450 g/mol. The van der Waals surface area contributed by atoms with Gasteiger partial charge < -0.3 is 4.90 Å². The first-order valence-corrected chi connectivity index (χ1v) is 11.8. The summed E-state index contributed by atoms with van der Waals surface area (Å²) in [6.07, 6.45) is -0.0993. The van der Waals surface area contributed by atoms with Crippen molar-refractivity contribution >= 4 is 11.6 Å². The van der Waals surface area contributed by atoms with Crippen LogP contribution in [0.5, 0.6) is 0 Å². The molecule has 32 heavy (non-hydrogen) atoms. The highest BCUT2D eigenvalue weighted by molar-refractivity contribution is 5.73. The zero-order chi connectivity index (χ0) is 23.3. The molecule has 1 aliphatic carbocycles. The first kappa shape index (κ1) is 23.1. The van der Waals surface area contributed by atoms with Gasteiger partial charge in [0, 0.05) is 43.1 Å². The van der Waals surface area contributed by atoms with Crippen molar-refractivity contribution in [3.8, 4) is 0 Å². The fourth-order valence-electron chi connectivity index (χ4n) is 5.83. The molecule has 2 aromatic rings. The molecule has 2 aliphatic rings. The second kappa shape index (κ2) is 8.34.